The molecule has 0 saturated heterocycles. The van der Waals surface area contributed by atoms with Crippen LogP contribution in [0.5, 0.6) is 11.5 Å². The number of hydrogen-bond donors (Lipinski definition) is 1. The number of carbonyl (C=O) groups is 1. The highest BCUT2D eigenvalue weighted by molar-refractivity contribution is 7.17. The van der Waals surface area contributed by atoms with Crippen molar-refractivity contribution in [3.8, 4) is 22.8 Å². The molecule has 3 heterocycles. The van der Waals surface area contributed by atoms with Crippen LogP contribution in [0.3, 0.4) is 0 Å². The Morgan fingerprint density at radius 3 is 2.68 bits per heavy atom. The third kappa shape index (κ3) is 2.46. The molecular weight excluding hydrogens is 340 g/mol. The van der Waals surface area contributed by atoms with Crippen molar-refractivity contribution in [3.63, 3.8) is 0 Å². The Balaban J connectivity index is 1.99. The van der Waals surface area contributed by atoms with E-state index in [1.54, 1.807) is 15.7 Å². The summed E-state index contributed by atoms with van der Waals surface area (Å²) < 4.78 is 13.1. The normalized spacial score (nSPS) is 13.4. The van der Waals surface area contributed by atoms with Gasteiger partial charge in [0.2, 0.25) is 0 Å². The Kier molecular flexibility index (Phi) is 3.88. The molecule has 1 aromatic carbocycles. The number of aromatic nitrogens is 2. The van der Waals surface area contributed by atoms with Crippen LogP contribution in [0.4, 0.5) is 0 Å². The summed E-state index contributed by atoms with van der Waals surface area (Å²) in [5, 5.41) is 9.73. The summed E-state index contributed by atoms with van der Waals surface area (Å²) in [6.07, 6.45) is 1.39. The first-order valence-corrected chi connectivity index (χ1v) is 9.12. The van der Waals surface area contributed by atoms with Gasteiger partial charge < -0.3 is 14.6 Å². The van der Waals surface area contributed by atoms with E-state index in [-0.39, 0.29) is 5.69 Å². The monoisotopic (exact) mass is 358 g/mol. The summed E-state index contributed by atoms with van der Waals surface area (Å²) in [6, 6.07) is 5.75. The number of hydrogen-bond acceptors (Lipinski definition) is 5. The number of benzene rings is 1. The molecular formula is C18H18N2O4S. The van der Waals surface area contributed by atoms with Crippen molar-refractivity contribution < 1.29 is 19.4 Å². The highest BCUT2D eigenvalue weighted by atomic mass is 32.1. The van der Waals surface area contributed by atoms with Gasteiger partial charge in [-0.2, -0.15) is 0 Å². The van der Waals surface area contributed by atoms with Gasteiger partial charge in [0.1, 0.15) is 13.2 Å². The van der Waals surface area contributed by atoms with Gasteiger partial charge in [0.15, 0.2) is 22.2 Å². The van der Waals surface area contributed by atoms with Gasteiger partial charge in [-0.1, -0.05) is 13.8 Å². The number of aryl methyl sites for hydroxylation is 2. The Bertz CT molecular complexity index is 973. The van der Waals surface area contributed by atoms with Crippen LogP contribution in [-0.4, -0.2) is 33.7 Å². The lowest BCUT2D eigenvalue weighted by atomic mass is 10.1. The molecule has 4 rings (SSSR count). The summed E-state index contributed by atoms with van der Waals surface area (Å²) in [6.45, 7) is 5.04. The van der Waals surface area contributed by atoms with Gasteiger partial charge in [0.25, 0.3) is 0 Å². The van der Waals surface area contributed by atoms with E-state index in [4.69, 9.17) is 9.47 Å². The molecule has 130 valence electrons. The van der Waals surface area contributed by atoms with Gasteiger partial charge in [0, 0.05) is 10.4 Å². The first kappa shape index (κ1) is 16.0. The minimum atomic E-state index is -0.955. The van der Waals surface area contributed by atoms with Gasteiger partial charge in [0.05, 0.1) is 11.4 Å². The zero-order chi connectivity index (χ0) is 17.6. The summed E-state index contributed by atoms with van der Waals surface area (Å²) in [5.74, 6) is 0.458. The van der Waals surface area contributed by atoms with Crippen LogP contribution in [-0.2, 0) is 12.8 Å². The summed E-state index contributed by atoms with van der Waals surface area (Å²) in [7, 11) is 0. The lowest BCUT2D eigenvalue weighted by molar-refractivity contribution is 0.0688. The van der Waals surface area contributed by atoms with Gasteiger partial charge >= 0.3 is 5.97 Å². The maximum absolute atomic E-state index is 11.9. The highest BCUT2D eigenvalue weighted by Crippen LogP contribution is 2.39. The number of carboxylic acid groups (broad SMARTS) is 1. The second-order valence-electron chi connectivity index (χ2n) is 5.77. The van der Waals surface area contributed by atoms with Crippen LogP contribution >= 0.6 is 11.3 Å². The molecule has 1 aliphatic heterocycles. The van der Waals surface area contributed by atoms with Crippen molar-refractivity contribution in [1.29, 1.82) is 0 Å². The first-order valence-electron chi connectivity index (χ1n) is 8.30. The molecule has 0 atom stereocenters. The molecule has 0 radical (unpaired) electrons. The lowest BCUT2D eigenvalue weighted by Crippen LogP contribution is -2.15. The molecule has 0 bridgehead atoms. The fraction of sp³-hybridized carbons (Fsp3) is 0.333. The van der Waals surface area contributed by atoms with E-state index in [2.05, 4.69) is 11.9 Å². The van der Waals surface area contributed by atoms with Gasteiger partial charge in [-0.05, 0) is 31.0 Å². The van der Waals surface area contributed by atoms with Crippen LogP contribution in [0.1, 0.15) is 34.9 Å². The SMILES string of the molecule is CCc1nc2sc(CC)c(-c3ccc4c(c3)OCCO4)n2c1C(=O)O. The van der Waals surface area contributed by atoms with Gasteiger partial charge in [-0.3, -0.25) is 4.40 Å². The Labute approximate surface area is 148 Å². The number of thiazole rings is 1. The molecule has 0 spiro atoms. The lowest BCUT2D eigenvalue weighted by Gasteiger charge is -2.19. The maximum atomic E-state index is 11.9. The molecule has 0 unspecified atom stereocenters. The van der Waals surface area contributed by atoms with E-state index >= 15 is 0 Å². The minimum Gasteiger partial charge on any atom is -0.486 e. The second kappa shape index (κ2) is 6.07. The van der Waals surface area contributed by atoms with Crippen molar-refractivity contribution in [2.45, 2.75) is 26.7 Å². The molecule has 6 nitrogen and oxygen atoms in total. The molecule has 7 heteroatoms. The predicted octanol–water partition coefficient (Wildman–Crippen LogP) is 3.66. The molecule has 1 N–H and O–H groups in total. The molecule has 1 aliphatic rings. The summed E-state index contributed by atoms with van der Waals surface area (Å²) >= 11 is 1.54. The van der Waals surface area contributed by atoms with Crippen LogP contribution in [0.15, 0.2) is 18.2 Å². The van der Waals surface area contributed by atoms with Crippen LogP contribution in [0.25, 0.3) is 16.2 Å². The topological polar surface area (TPSA) is 73.1 Å². The van der Waals surface area contributed by atoms with Crippen molar-refractivity contribution >= 4 is 22.3 Å². The smallest absolute Gasteiger partial charge is 0.354 e. The average molecular weight is 358 g/mol. The molecule has 0 aliphatic carbocycles. The van der Waals surface area contributed by atoms with E-state index in [1.807, 2.05) is 25.1 Å². The van der Waals surface area contributed by atoms with E-state index in [1.165, 1.54) is 0 Å². The van der Waals surface area contributed by atoms with Crippen molar-refractivity contribution in [3.05, 3.63) is 34.5 Å². The van der Waals surface area contributed by atoms with Crippen LogP contribution < -0.4 is 9.47 Å². The zero-order valence-electron chi connectivity index (χ0n) is 14.0. The van der Waals surface area contributed by atoms with E-state index < -0.39 is 5.97 Å². The number of aromatic carboxylic acids is 1. The van der Waals surface area contributed by atoms with Crippen molar-refractivity contribution in [2.75, 3.05) is 13.2 Å². The zero-order valence-corrected chi connectivity index (χ0v) is 14.9. The van der Waals surface area contributed by atoms with Crippen molar-refractivity contribution in [1.82, 2.24) is 9.38 Å². The Morgan fingerprint density at radius 2 is 2.00 bits per heavy atom. The standard InChI is InChI=1S/C18H18N2O4S/c1-3-11-16(17(21)22)20-15(14(4-2)25-18(20)19-11)10-5-6-12-13(9-10)24-8-7-23-12/h5-6,9H,3-4,7-8H2,1-2H3,(H,21,22). The average Bonchev–Trinajstić information content (AvgIpc) is 3.15. The molecule has 0 amide bonds. The molecule has 3 aromatic rings. The molecule has 0 fully saturated rings. The number of nitrogens with zero attached hydrogens (tertiary/aromatic N) is 2. The number of imidazole rings is 1. The fourth-order valence-corrected chi connectivity index (χ4v) is 4.29. The van der Waals surface area contributed by atoms with E-state index in [9.17, 15) is 9.90 Å². The summed E-state index contributed by atoms with van der Waals surface area (Å²) in [4.78, 5) is 18.2. The maximum Gasteiger partial charge on any atom is 0.354 e. The molecule has 0 saturated carbocycles. The van der Waals surface area contributed by atoms with E-state index in [0.29, 0.717) is 31.1 Å². The molecule has 25 heavy (non-hydrogen) atoms. The largest absolute Gasteiger partial charge is 0.486 e. The van der Waals surface area contributed by atoms with Gasteiger partial charge in [-0.15, -0.1) is 11.3 Å². The number of ether oxygens (including phenoxy) is 2. The third-order valence-corrected chi connectivity index (χ3v) is 5.48. The number of fused-ring (bicyclic) bond motifs is 2. The quantitative estimate of drug-likeness (QED) is 0.770. The van der Waals surface area contributed by atoms with Crippen LogP contribution in [0, 0.1) is 0 Å². The first-order chi connectivity index (χ1) is 12.1. The highest BCUT2D eigenvalue weighted by Gasteiger charge is 2.25. The summed E-state index contributed by atoms with van der Waals surface area (Å²) in [5.41, 5.74) is 2.65. The third-order valence-electron chi connectivity index (χ3n) is 4.30. The minimum absolute atomic E-state index is 0.248. The Morgan fingerprint density at radius 1 is 1.24 bits per heavy atom. The van der Waals surface area contributed by atoms with Gasteiger partial charge in [-0.25, -0.2) is 9.78 Å². The van der Waals surface area contributed by atoms with Crippen LogP contribution in [0.2, 0.25) is 0 Å². The molecule has 2 aromatic heterocycles. The Hall–Kier alpha value is -2.54. The number of carboxylic acids is 1. The van der Waals surface area contributed by atoms with Crippen molar-refractivity contribution in [2.24, 2.45) is 0 Å². The van der Waals surface area contributed by atoms with E-state index in [0.717, 1.165) is 33.3 Å². The fourth-order valence-electron chi connectivity index (χ4n) is 3.19. The number of rotatable bonds is 4. The predicted molar refractivity (Wildman–Crippen MR) is 95.2 cm³/mol. The second-order valence-corrected chi connectivity index (χ2v) is 6.83.